The van der Waals surface area contributed by atoms with Gasteiger partial charge in [0.2, 0.25) is 5.89 Å². The Kier molecular flexibility index (Phi) is 6.29. The lowest BCUT2D eigenvalue weighted by Gasteiger charge is -2.36. The maximum absolute atomic E-state index is 12.3. The van der Waals surface area contributed by atoms with Crippen LogP contribution in [-0.4, -0.2) is 33.0 Å². The molecule has 0 radical (unpaired) electrons. The summed E-state index contributed by atoms with van der Waals surface area (Å²) in [5, 5.41) is 8.33. The predicted molar refractivity (Wildman–Crippen MR) is 99.5 cm³/mol. The van der Waals surface area contributed by atoms with E-state index in [0.717, 1.165) is 18.4 Å². The van der Waals surface area contributed by atoms with Crippen LogP contribution in [0.5, 0.6) is 0 Å². The van der Waals surface area contributed by atoms with Gasteiger partial charge in [-0.25, -0.2) is 0 Å². The van der Waals surface area contributed by atoms with Gasteiger partial charge in [0.25, 0.3) is 5.22 Å². The highest BCUT2D eigenvalue weighted by Crippen LogP contribution is 2.35. The lowest BCUT2D eigenvalue weighted by atomic mass is 9.75. The molecule has 0 saturated heterocycles. The number of hydrogen-bond donors (Lipinski definition) is 0. The summed E-state index contributed by atoms with van der Waals surface area (Å²) in [5.74, 6) is 1.92. The van der Waals surface area contributed by atoms with Crippen molar-refractivity contribution in [1.82, 2.24) is 15.2 Å². The monoisotopic (exact) mass is 375 g/mol. The minimum Gasteiger partial charge on any atom is -0.461 e. The normalized spacial score (nSPS) is 23.2. The van der Waals surface area contributed by atoms with Gasteiger partial charge >= 0.3 is 5.97 Å². The number of esters is 1. The van der Waals surface area contributed by atoms with Gasteiger partial charge in [0.15, 0.2) is 0 Å². The van der Waals surface area contributed by atoms with Gasteiger partial charge in [-0.1, -0.05) is 39.0 Å². The van der Waals surface area contributed by atoms with E-state index in [1.807, 2.05) is 6.07 Å². The zero-order valence-electron chi connectivity index (χ0n) is 15.4. The van der Waals surface area contributed by atoms with Crippen LogP contribution >= 0.6 is 11.8 Å². The molecule has 1 aliphatic rings. The van der Waals surface area contributed by atoms with Crippen molar-refractivity contribution < 1.29 is 13.9 Å². The van der Waals surface area contributed by atoms with Crippen LogP contribution in [0.1, 0.15) is 40.0 Å². The molecule has 0 amide bonds. The molecule has 6 nitrogen and oxygen atoms in total. The van der Waals surface area contributed by atoms with Crippen LogP contribution in [0.25, 0.3) is 11.5 Å². The first kappa shape index (κ1) is 18.9. The molecule has 0 aliphatic heterocycles. The molecule has 1 fully saturated rings. The third-order valence-electron chi connectivity index (χ3n) is 4.87. The molecular weight excluding hydrogens is 350 g/mol. The van der Waals surface area contributed by atoms with Gasteiger partial charge in [-0.05, 0) is 42.7 Å². The molecule has 3 rings (SSSR count). The molecule has 1 saturated carbocycles. The molecule has 140 valence electrons. The van der Waals surface area contributed by atoms with E-state index in [9.17, 15) is 4.79 Å². The Labute approximate surface area is 158 Å². The zero-order chi connectivity index (χ0) is 18.5. The Morgan fingerprint density at radius 3 is 2.96 bits per heavy atom. The molecule has 26 heavy (non-hydrogen) atoms. The van der Waals surface area contributed by atoms with Gasteiger partial charge < -0.3 is 9.15 Å². The topological polar surface area (TPSA) is 78.1 Å². The van der Waals surface area contributed by atoms with Gasteiger partial charge in [-0.3, -0.25) is 9.78 Å². The van der Waals surface area contributed by atoms with Crippen molar-refractivity contribution >= 4 is 17.7 Å². The van der Waals surface area contributed by atoms with Gasteiger partial charge in [-0.2, -0.15) is 0 Å². The average molecular weight is 375 g/mol. The molecule has 3 unspecified atom stereocenters. The number of carbonyl (C=O) groups is 1. The molecule has 7 heteroatoms. The van der Waals surface area contributed by atoms with Crippen LogP contribution in [0.2, 0.25) is 0 Å². The summed E-state index contributed by atoms with van der Waals surface area (Å²) in [6, 6.07) is 3.65. The number of nitrogens with zero attached hydrogens (tertiary/aromatic N) is 3. The van der Waals surface area contributed by atoms with Crippen molar-refractivity contribution in [3.05, 3.63) is 24.5 Å². The van der Waals surface area contributed by atoms with Crippen molar-refractivity contribution in [1.29, 1.82) is 0 Å². The van der Waals surface area contributed by atoms with Gasteiger partial charge in [0, 0.05) is 12.4 Å². The summed E-state index contributed by atoms with van der Waals surface area (Å²) >= 11 is 1.21. The third kappa shape index (κ3) is 4.84. The second-order valence-corrected chi connectivity index (χ2v) is 8.18. The fourth-order valence-corrected chi connectivity index (χ4v) is 3.99. The molecule has 3 atom stereocenters. The van der Waals surface area contributed by atoms with Crippen molar-refractivity contribution in [3.63, 3.8) is 0 Å². The first-order valence-electron chi connectivity index (χ1n) is 9.09. The average Bonchev–Trinajstić information content (AvgIpc) is 3.09. The van der Waals surface area contributed by atoms with Crippen LogP contribution in [0, 0.1) is 17.8 Å². The quantitative estimate of drug-likeness (QED) is 0.552. The van der Waals surface area contributed by atoms with Gasteiger partial charge in [0.05, 0.1) is 5.56 Å². The summed E-state index contributed by atoms with van der Waals surface area (Å²) in [5.41, 5.74) is 0.755. The summed E-state index contributed by atoms with van der Waals surface area (Å²) in [4.78, 5) is 16.3. The van der Waals surface area contributed by atoms with Gasteiger partial charge in [-0.15, -0.1) is 10.2 Å². The van der Waals surface area contributed by atoms with Crippen molar-refractivity contribution in [2.45, 2.75) is 51.4 Å². The molecule has 0 spiro atoms. The predicted octanol–water partition coefficient (Wildman–Crippen LogP) is 4.23. The third-order valence-corrected chi connectivity index (χ3v) is 5.66. The number of thioether (sulfide) groups is 1. The van der Waals surface area contributed by atoms with E-state index in [2.05, 4.69) is 36.0 Å². The van der Waals surface area contributed by atoms with E-state index in [1.165, 1.54) is 18.2 Å². The Morgan fingerprint density at radius 1 is 1.38 bits per heavy atom. The molecule has 0 N–H and O–H groups in total. The Morgan fingerprint density at radius 2 is 2.23 bits per heavy atom. The number of aromatic nitrogens is 3. The highest BCUT2D eigenvalue weighted by molar-refractivity contribution is 7.99. The lowest BCUT2D eigenvalue weighted by Crippen LogP contribution is -2.36. The standard InChI is InChI=1S/C19H25N3O3S/c1-12(2)15-7-6-13(3)9-16(15)24-17(23)11-26-19-22-21-18(25-19)14-5-4-8-20-10-14/h4-5,8,10,12-13,15-16H,6-7,9,11H2,1-3H3. The smallest absolute Gasteiger partial charge is 0.316 e. The molecule has 0 aromatic carbocycles. The largest absolute Gasteiger partial charge is 0.461 e. The van der Waals surface area contributed by atoms with Crippen LogP contribution in [0.3, 0.4) is 0 Å². The molecular formula is C19H25N3O3S. The Hall–Kier alpha value is -1.89. The van der Waals surface area contributed by atoms with Crippen LogP contribution < -0.4 is 0 Å². The van der Waals surface area contributed by atoms with E-state index in [-0.39, 0.29) is 17.8 Å². The van der Waals surface area contributed by atoms with Crippen LogP contribution in [-0.2, 0) is 9.53 Å². The van der Waals surface area contributed by atoms with Crippen LogP contribution in [0.15, 0.2) is 34.2 Å². The second kappa shape index (κ2) is 8.66. The maximum atomic E-state index is 12.3. The fraction of sp³-hybridized carbons (Fsp3) is 0.579. The molecule has 2 aromatic heterocycles. The molecule has 0 bridgehead atoms. The van der Waals surface area contributed by atoms with E-state index in [1.54, 1.807) is 18.5 Å². The van der Waals surface area contributed by atoms with E-state index in [4.69, 9.17) is 9.15 Å². The zero-order valence-corrected chi connectivity index (χ0v) is 16.2. The first-order chi connectivity index (χ1) is 12.5. The summed E-state index contributed by atoms with van der Waals surface area (Å²) < 4.78 is 11.4. The highest BCUT2D eigenvalue weighted by Gasteiger charge is 2.33. The number of hydrogen-bond acceptors (Lipinski definition) is 7. The SMILES string of the molecule is CC1CCC(C(C)C)C(OC(=O)CSc2nnc(-c3cccnc3)o2)C1. The fourth-order valence-electron chi connectivity index (χ4n) is 3.45. The highest BCUT2D eigenvalue weighted by atomic mass is 32.2. The van der Waals surface area contributed by atoms with Crippen LogP contribution in [0.4, 0.5) is 0 Å². The lowest BCUT2D eigenvalue weighted by molar-refractivity contribution is -0.152. The molecule has 1 aliphatic carbocycles. The number of pyridine rings is 1. The first-order valence-corrected chi connectivity index (χ1v) is 10.1. The second-order valence-electron chi connectivity index (χ2n) is 7.26. The number of carbonyl (C=O) groups excluding carboxylic acids is 1. The van der Waals surface area contributed by atoms with Gasteiger partial charge in [0.1, 0.15) is 11.9 Å². The molecule has 2 aromatic rings. The van der Waals surface area contributed by atoms with Crippen molar-refractivity contribution in [3.8, 4) is 11.5 Å². The summed E-state index contributed by atoms with van der Waals surface area (Å²) in [6.45, 7) is 6.63. The van der Waals surface area contributed by atoms with E-state index in [0.29, 0.717) is 28.9 Å². The van der Waals surface area contributed by atoms with E-state index < -0.39 is 0 Å². The van der Waals surface area contributed by atoms with Crippen molar-refractivity contribution in [2.24, 2.45) is 17.8 Å². The van der Waals surface area contributed by atoms with E-state index >= 15 is 0 Å². The Bertz CT molecular complexity index is 720. The number of ether oxygens (including phenoxy) is 1. The molecule has 2 heterocycles. The summed E-state index contributed by atoms with van der Waals surface area (Å²) in [7, 11) is 0. The summed E-state index contributed by atoms with van der Waals surface area (Å²) in [6.07, 6.45) is 6.65. The minimum absolute atomic E-state index is 0.0143. The number of rotatable bonds is 6. The maximum Gasteiger partial charge on any atom is 0.316 e. The van der Waals surface area contributed by atoms with Crippen molar-refractivity contribution in [2.75, 3.05) is 5.75 Å². The Balaban J connectivity index is 1.53. The minimum atomic E-state index is -0.221.